The number of halogens is 1. The lowest BCUT2D eigenvalue weighted by Crippen LogP contribution is -2.38. The van der Waals surface area contributed by atoms with Crippen LogP contribution in [0.3, 0.4) is 0 Å². The van der Waals surface area contributed by atoms with E-state index in [1.54, 1.807) is 6.07 Å². The van der Waals surface area contributed by atoms with Crippen LogP contribution in [-0.2, 0) is 4.79 Å². The summed E-state index contributed by atoms with van der Waals surface area (Å²) in [6.45, 7) is 0. The van der Waals surface area contributed by atoms with Crippen LogP contribution in [0.5, 0.6) is 0 Å². The summed E-state index contributed by atoms with van der Waals surface area (Å²) in [4.78, 5) is 11.5. The van der Waals surface area contributed by atoms with E-state index in [-0.39, 0.29) is 23.3 Å². The van der Waals surface area contributed by atoms with E-state index in [0.29, 0.717) is 0 Å². The highest BCUT2D eigenvalue weighted by atomic mass is 35.5. The fourth-order valence-electron chi connectivity index (χ4n) is 1.74. The molecule has 0 aliphatic carbocycles. The van der Waals surface area contributed by atoms with Crippen LogP contribution in [0, 0.1) is 28.1 Å². The number of carbonyl (C=O) groups is 1. The Bertz CT molecular complexity index is 430. The zero-order valence-corrected chi connectivity index (χ0v) is 7.72. The summed E-state index contributed by atoms with van der Waals surface area (Å²) in [5, 5.41) is 23.2. The molecule has 1 fully saturated rings. The average Bonchev–Trinajstić information content (AvgIpc) is 2.41. The van der Waals surface area contributed by atoms with Crippen molar-refractivity contribution < 1.29 is 4.79 Å². The molecule has 2 bridgehead atoms. The third kappa shape index (κ3) is 0.850. The van der Waals surface area contributed by atoms with E-state index in [0.717, 1.165) is 0 Å². The number of amides is 1. The number of nitriles is 2. The van der Waals surface area contributed by atoms with Gasteiger partial charge >= 0.3 is 0 Å². The van der Waals surface area contributed by atoms with Gasteiger partial charge in [-0.2, -0.15) is 10.5 Å². The number of hydrogen-bond donors (Lipinski definition) is 2. The van der Waals surface area contributed by atoms with Gasteiger partial charge in [-0.15, -0.1) is 0 Å². The van der Waals surface area contributed by atoms with Gasteiger partial charge in [0.25, 0.3) is 0 Å². The molecule has 2 rings (SSSR count). The fraction of sp³-hybridized carbons (Fsp3) is 0.375. The first-order chi connectivity index (χ1) is 6.64. The van der Waals surface area contributed by atoms with Crippen molar-refractivity contribution in [1.82, 2.24) is 10.6 Å². The van der Waals surface area contributed by atoms with Gasteiger partial charge in [-0.1, -0.05) is 11.6 Å². The second-order valence-electron chi connectivity index (χ2n) is 3.19. The summed E-state index contributed by atoms with van der Waals surface area (Å²) in [5.74, 6) is -0.454. The number of nitrogens with zero attached hydrogens (tertiary/aromatic N) is 2. The normalized spacial score (nSPS) is 34.2. The zero-order chi connectivity index (χ0) is 10.3. The molecule has 0 spiro atoms. The van der Waals surface area contributed by atoms with Crippen LogP contribution in [0.25, 0.3) is 0 Å². The lowest BCUT2D eigenvalue weighted by atomic mass is 9.79. The molecule has 2 atom stereocenters. The Morgan fingerprint density at radius 1 is 1.50 bits per heavy atom. The van der Waals surface area contributed by atoms with E-state index in [9.17, 15) is 4.79 Å². The van der Waals surface area contributed by atoms with Gasteiger partial charge in [0.15, 0.2) is 5.41 Å². The minimum atomic E-state index is -1.39. The summed E-state index contributed by atoms with van der Waals surface area (Å²) in [6, 6.07) is 3.68. The topological polar surface area (TPSA) is 88.7 Å². The number of nitrogens with one attached hydrogen (secondary N) is 2. The smallest absolute Gasteiger partial charge is 0.247 e. The molecule has 0 radical (unpaired) electrons. The monoisotopic (exact) mass is 208 g/mol. The highest BCUT2D eigenvalue weighted by Gasteiger charge is 2.54. The number of carbonyl (C=O) groups excluding carboxylic acids is 1. The van der Waals surface area contributed by atoms with Crippen LogP contribution in [0.4, 0.5) is 0 Å². The molecular formula is C8H5ClN4O. The molecule has 2 heterocycles. The van der Waals surface area contributed by atoms with Crippen LogP contribution >= 0.6 is 11.6 Å². The molecule has 0 aromatic heterocycles. The highest BCUT2D eigenvalue weighted by Crippen LogP contribution is 2.41. The molecule has 6 heteroatoms. The zero-order valence-electron chi connectivity index (χ0n) is 6.97. The molecule has 2 aliphatic rings. The van der Waals surface area contributed by atoms with Gasteiger partial charge in [0.2, 0.25) is 5.91 Å². The molecule has 2 N–H and O–H groups in total. The van der Waals surface area contributed by atoms with Crippen molar-refractivity contribution in [2.75, 3.05) is 0 Å². The number of rotatable bonds is 0. The van der Waals surface area contributed by atoms with Crippen LogP contribution in [0.15, 0.2) is 10.7 Å². The maximum absolute atomic E-state index is 11.5. The maximum Gasteiger partial charge on any atom is 0.247 e. The molecule has 2 aliphatic heterocycles. The Labute approximate surface area is 84.9 Å². The minimum absolute atomic E-state index is 0.00733. The van der Waals surface area contributed by atoms with Crippen LogP contribution in [0.1, 0.15) is 6.42 Å². The molecule has 0 saturated carbocycles. The quantitative estimate of drug-likeness (QED) is 0.545. The Kier molecular flexibility index (Phi) is 1.67. The molecule has 5 nitrogen and oxygen atoms in total. The van der Waals surface area contributed by atoms with Crippen molar-refractivity contribution in [3.05, 3.63) is 10.7 Å². The van der Waals surface area contributed by atoms with Gasteiger partial charge in [0.1, 0.15) is 17.4 Å². The highest BCUT2D eigenvalue weighted by molar-refractivity contribution is 6.30. The van der Waals surface area contributed by atoms with E-state index in [1.807, 2.05) is 6.07 Å². The second kappa shape index (κ2) is 2.63. The molecule has 0 aromatic rings. The largest absolute Gasteiger partial charge is 0.355 e. The number of hydrogen-bond acceptors (Lipinski definition) is 4. The van der Waals surface area contributed by atoms with Crippen LogP contribution in [0.2, 0.25) is 0 Å². The van der Waals surface area contributed by atoms with Crippen molar-refractivity contribution in [3.63, 3.8) is 0 Å². The first-order valence-corrected chi connectivity index (χ1v) is 4.31. The third-order valence-corrected chi connectivity index (χ3v) is 2.75. The summed E-state index contributed by atoms with van der Waals surface area (Å²) >= 11 is 5.75. The Balaban J connectivity index is 2.64. The summed E-state index contributed by atoms with van der Waals surface area (Å²) in [6.07, 6.45) is -0.0895. The van der Waals surface area contributed by atoms with E-state index < -0.39 is 11.3 Å². The number of fused-ring (bicyclic) bond motifs is 2. The summed E-state index contributed by atoms with van der Waals surface area (Å²) in [7, 11) is 0. The minimum Gasteiger partial charge on any atom is -0.355 e. The van der Waals surface area contributed by atoms with Gasteiger partial charge in [-0.05, 0) is 0 Å². The van der Waals surface area contributed by atoms with E-state index in [1.165, 1.54) is 0 Å². The maximum atomic E-state index is 11.5. The van der Waals surface area contributed by atoms with Crippen molar-refractivity contribution in [1.29, 1.82) is 10.5 Å². The van der Waals surface area contributed by atoms with E-state index in [2.05, 4.69) is 10.6 Å². The van der Waals surface area contributed by atoms with Gasteiger partial charge < -0.3 is 10.6 Å². The van der Waals surface area contributed by atoms with Crippen LogP contribution < -0.4 is 10.6 Å². The van der Waals surface area contributed by atoms with Gasteiger partial charge in [0, 0.05) is 6.42 Å². The van der Waals surface area contributed by atoms with Gasteiger partial charge in [-0.25, -0.2) is 0 Å². The summed E-state index contributed by atoms with van der Waals surface area (Å²) < 4.78 is 0. The van der Waals surface area contributed by atoms with Crippen molar-refractivity contribution in [2.45, 2.75) is 12.6 Å². The molecule has 70 valence electrons. The van der Waals surface area contributed by atoms with Crippen LogP contribution in [-0.4, -0.2) is 12.1 Å². The fourth-order valence-corrected chi connectivity index (χ4v) is 2.08. The molecule has 14 heavy (non-hydrogen) atoms. The van der Waals surface area contributed by atoms with Gasteiger partial charge in [0.05, 0.1) is 11.6 Å². The SMILES string of the molecule is N#CC1=C(Cl)NC2CC1(C#N)C(=O)N2. The predicted octanol–water partition coefficient (Wildman–Crippen LogP) is -0.0804. The first-order valence-electron chi connectivity index (χ1n) is 3.93. The lowest BCUT2D eigenvalue weighted by molar-refractivity contribution is -0.123. The second-order valence-corrected chi connectivity index (χ2v) is 3.57. The molecule has 1 saturated heterocycles. The molecule has 1 amide bonds. The average molecular weight is 209 g/mol. The Morgan fingerprint density at radius 3 is 2.79 bits per heavy atom. The van der Waals surface area contributed by atoms with Crippen molar-refractivity contribution in [2.24, 2.45) is 5.41 Å². The molecule has 2 unspecified atom stereocenters. The Morgan fingerprint density at radius 2 is 2.21 bits per heavy atom. The van der Waals surface area contributed by atoms with E-state index >= 15 is 0 Å². The first kappa shape index (κ1) is 8.86. The van der Waals surface area contributed by atoms with Crippen molar-refractivity contribution >= 4 is 17.5 Å². The third-order valence-electron chi connectivity index (χ3n) is 2.45. The van der Waals surface area contributed by atoms with E-state index in [4.69, 9.17) is 22.1 Å². The standard InChI is InChI=1S/C8H5ClN4O/c9-6-4(2-10)8(3-11)1-5(12-6)13-7(8)14/h5,12H,1H2,(H,13,14). The van der Waals surface area contributed by atoms with Gasteiger partial charge in [-0.3, -0.25) is 4.79 Å². The molecule has 0 aromatic carbocycles. The van der Waals surface area contributed by atoms with Crippen molar-refractivity contribution in [3.8, 4) is 12.1 Å². The Hall–Kier alpha value is -1.72. The lowest BCUT2D eigenvalue weighted by Gasteiger charge is -2.23. The molecular weight excluding hydrogens is 204 g/mol. The predicted molar refractivity (Wildman–Crippen MR) is 46.2 cm³/mol. The summed E-state index contributed by atoms with van der Waals surface area (Å²) in [5.41, 5.74) is -1.38.